The van der Waals surface area contributed by atoms with Crippen LogP contribution in [0.15, 0.2) is 24.4 Å². The number of Topliss-reactive ketones (excluding diaryl/α,β-unsaturated/α-hetero) is 1. The van der Waals surface area contributed by atoms with E-state index in [0.717, 1.165) is 10.9 Å². The summed E-state index contributed by atoms with van der Waals surface area (Å²) in [7, 11) is 0. The second-order valence-electron chi connectivity index (χ2n) is 3.35. The maximum Gasteiger partial charge on any atom is 0.164 e. The Bertz CT molecular complexity index is 560. The average Bonchev–Trinajstić information content (AvgIpc) is 2.70. The number of H-pyrrole nitrogens is 1. The first-order valence-corrected chi connectivity index (χ1v) is 4.80. The molecule has 3 nitrogen and oxygen atoms in total. The summed E-state index contributed by atoms with van der Waals surface area (Å²) in [6, 6.07) is 7.37. The van der Waals surface area contributed by atoms with Crippen molar-refractivity contribution in [1.29, 1.82) is 5.26 Å². The zero-order chi connectivity index (χ0) is 10.8. The highest BCUT2D eigenvalue weighted by molar-refractivity contribution is 6.07. The zero-order valence-electron chi connectivity index (χ0n) is 8.37. The number of benzene rings is 1. The van der Waals surface area contributed by atoms with Gasteiger partial charge in [-0.1, -0.05) is 6.92 Å². The Morgan fingerprint density at radius 3 is 3.00 bits per heavy atom. The minimum Gasteiger partial charge on any atom is -0.360 e. The highest BCUT2D eigenvalue weighted by Crippen LogP contribution is 2.20. The van der Waals surface area contributed by atoms with Crippen molar-refractivity contribution in [3.05, 3.63) is 35.5 Å². The average molecular weight is 198 g/mol. The molecular formula is C12H10N2O. The Balaban J connectivity index is 2.67. The summed E-state index contributed by atoms with van der Waals surface area (Å²) in [6.07, 6.45) is 2.18. The second kappa shape index (κ2) is 3.58. The highest BCUT2D eigenvalue weighted by Gasteiger charge is 2.10. The van der Waals surface area contributed by atoms with Crippen LogP contribution in [0.4, 0.5) is 0 Å². The molecule has 74 valence electrons. The standard InChI is InChI=1S/C12H10N2O/c1-2-12(15)10-7-14-11-4-3-8(6-13)5-9(10)11/h3-5,7,14H,2H2,1H3. The predicted octanol–water partition coefficient (Wildman–Crippen LogP) is 2.63. The van der Waals surface area contributed by atoms with Gasteiger partial charge in [0, 0.05) is 29.1 Å². The van der Waals surface area contributed by atoms with E-state index in [9.17, 15) is 4.79 Å². The maximum absolute atomic E-state index is 11.6. The SMILES string of the molecule is CCC(=O)c1c[nH]c2ccc(C#N)cc12. The molecule has 0 saturated heterocycles. The van der Waals surface area contributed by atoms with E-state index < -0.39 is 0 Å². The van der Waals surface area contributed by atoms with Crippen LogP contribution in [0.2, 0.25) is 0 Å². The molecule has 0 unspecified atom stereocenters. The number of carbonyl (C=O) groups is 1. The molecule has 0 amide bonds. The maximum atomic E-state index is 11.6. The number of nitrogens with one attached hydrogen (secondary N) is 1. The van der Waals surface area contributed by atoms with E-state index in [1.54, 1.807) is 18.3 Å². The van der Waals surface area contributed by atoms with Crippen LogP contribution < -0.4 is 0 Å². The predicted molar refractivity (Wildman–Crippen MR) is 57.6 cm³/mol. The molecule has 0 spiro atoms. The lowest BCUT2D eigenvalue weighted by Crippen LogP contribution is -1.94. The fourth-order valence-electron chi connectivity index (χ4n) is 1.61. The van der Waals surface area contributed by atoms with Gasteiger partial charge in [0.15, 0.2) is 5.78 Å². The number of carbonyl (C=O) groups excluding carboxylic acids is 1. The van der Waals surface area contributed by atoms with Gasteiger partial charge in [-0.15, -0.1) is 0 Å². The summed E-state index contributed by atoms with van der Waals surface area (Å²) in [6.45, 7) is 1.83. The number of ketones is 1. The Kier molecular flexibility index (Phi) is 2.26. The number of fused-ring (bicyclic) bond motifs is 1. The van der Waals surface area contributed by atoms with Crippen molar-refractivity contribution in [3.8, 4) is 6.07 Å². The van der Waals surface area contributed by atoms with Crippen LogP contribution in [0, 0.1) is 11.3 Å². The van der Waals surface area contributed by atoms with Crippen molar-refractivity contribution < 1.29 is 4.79 Å². The third-order valence-corrected chi connectivity index (χ3v) is 2.43. The molecule has 0 radical (unpaired) electrons. The lowest BCUT2D eigenvalue weighted by molar-refractivity contribution is 0.0990. The third-order valence-electron chi connectivity index (χ3n) is 2.43. The van der Waals surface area contributed by atoms with E-state index in [2.05, 4.69) is 11.1 Å². The van der Waals surface area contributed by atoms with Gasteiger partial charge in [0.25, 0.3) is 0 Å². The Morgan fingerprint density at radius 2 is 2.33 bits per heavy atom. The first kappa shape index (κ1) is 9.47. The molecule has 0 bridgehead atoms. The molecular weight excluding hydrogens is 188 g/mol. The van der Waals surface area contributed by atoms with Crippen molar-refractivity contribution in [2.24, 2.45) is 0 Å². The first-order chi connectivity index (χ1) is 7.26. The van der Waals surface area contributed by atoms with E-state index in [0.29, 0.717) is 17.5 Å². The molecule has 3 heteroatoms. The van der Waals surface area contributed by atoms with Gasteiger partial charge in [-0.25, -0.2) is 0 Å². The van der Waals surface area contributed by atoms with Crippen LogP contribution >= 0.6 is 0 Å². The molecule has 2 rings (SSSR count). The lowest BCUT2D eigenvalue weighted by Gasteiger charge is -1.95. The van der Waals surface area contributed by atoms with Gasteiger partial charge in [0.1, 0.15) is 0 Å². The minimum atomic E-state index is 0.0938. The number of aromatic nitrogens is 1. The molecule has 15 heavy (non-hydrogen) atoms. The molecule has 2 aromatic rings. The van der Waals surface area contributed by atoms with Gasteiger partial charge >= 0.3 is 0 Å². The molecule has 0 saturated carbocycles. The molecule has 1 aromatic carbocycles. The number of hydrogen-bond acceptors (Lipinski definition) is 2. The summed E-state index contributed by atoms with van der Waals surface area (Å²) in [5.74, 6) is 0.0938. The molecule has 0 aliphatic carbocycles. The van der Waals surface area contributed by atoms with Crippen LogP contribution in [0.3, 0.4) is 0 Å². The van der Waals surface area contributed by atoms with E-state index in [1.165, 1.54) is 0 Å². The van der Waals surface area contributed by atoms with Crippen molar-refractivity contribution in [2.45, 2.75) is 13.3 Å². The Labute approximate surface area is 87.3 Å². The van der Waals surface area contributed by atoms with E-state index in [1.807, 2.05) is 13.0 Å². The number of hydrogen-bond donors (Lipinski definition) is 1. The van der Waals surface area contributed by atoms with Crippen LogP contribution in [-0.4, -0.2) is 10.8 Å². The highest BCUT2D eigenvalue weighted by atomic mass is 16.1. The number of aromatic amines is 1. The molecule has 0 fully saturated rings. The fraction of sp³-hybridized carbons (Fsp3) is 0.167. The van der Waals surface area contributed by atoms with Crippen LogP contribution in [-0.2, 0) is 0 Å². The molecule has 0 aliphatic rings. The smallest absolute Gasteiger partial charge is 0.164 e. The largest absolute Gasteiger partial charge is 0.360 e. The van der Waals surface area contributed by atoms with Gasteiger partial charge in [-0.2, -0.15) is 5.26 Å². The van der Waals surface area contributed by atoms with Crippen molar-refractivity contribution in [1.82, 2.24) is 4.98 Å². The second-order valence-corrected chi connectivity index (χ2v) is 3.35. The lowest BCUT2D eigenvalue weighted by atomic mass is 10.1. The minimum absolute atomic E-state index is 0.0938. The molecule has 1 N–H and O–H groups in total. The third kappa shape index (κ3) is 1.50. The molecule has 0 aliphatic heterocycles. The Hall–Kier alpha value is -2.08. The topological polar surface area (TPSA) is 56.6 Å². The van der Waals surface area contributed by atoms with Gasteiger partial charge < -0.3 is 4.98 Å². The number of nitriles is 1. The summed E-state index contributed by atoms with van der Waals surface area (Å²) in [4.78, 5) is 14.6. The molecule has 1 aromatic heterocycles. The Morgan fingerprint density at radius 1 is 1.53 bits per heavy atom. The van der Waals surface area contributed by atoms with E-state index >= 15 is 0 Å². The number of nitrogens with zero attached hydrogens (tertiary/aromatic N) is 1. The molecule has 0 atom stereocenters. The van der Waals surface area contributed by atoms with Crippen LogP contribution in [0.25, 0.3) is 10.9 Å². The monoisotopic (exact) mass is 198 g/mol. The summed E-state index contributed by atoms with van der Waals surface area (Å²) >= 11 is 0. The molecule has 1 heterocycles. The fourth-order valence-corrected chi connectivity index (χ4v) is 1.61. The van der Waals surface area contributed by atoms with Crippen LogP contribution in [0.1, 0.15) is 29.3 Å². The van der Waals surface area contributed by atoms with Crippen molar-refractivity contribution in [3.63, 3.8) is 0 Å². The first-order valence-electron chi connectivity index (χ1n) is 4.80. The summed E-state index contributed by atoms with van der Waals surface area (Å²) in [5, 5.41) is 9.61. The normalized spacial score (nSPS) is 10.1. The zero-order valence-corrected chi connectivity index (χ0v) is 8.37. The van der Waals surface area contributed by atoms with Crippen molar-refractivity contribution in [2.75, 3.05) is 0 Å². The summed E-state index contributed by atoms with van der Waals surface area (Å²) in [5.41, 5.74) is 2.14. The van der Waals surface area contributed by atoms with Crippen molar-refractivity contribution >= 4 is 16.7 Å². The van der Waals surface area contributed by atoms with E-state index in [-0.39, 0.29) is 5.78 Å². The van der Waals surface area contributed by atoms with E-state index in [4.69, 9.17) is 5.26 Å². The van der Waals surface area contributed by atoms with Gasteiger partial charge in [-0.05, 0) is 18.2 Å². The van der Waals surface area contributed by atoms with Crippen LogP contribution in [0.5, 0.6) is 0 Å². The summed E-state index contributed by atoms with van der Waals surface area (Å²) < 4.78 is 0. The van der Waals surface area contributed by atoms with Gasteiger partial charge in [-0.3, -0.25) is 4.79 Å². The van der Waals surface area contributed by atoms with Gasteiger partial charge in [0.2, 0.25) is 0 Å². The number of rotatable bonds is 2. The quantitative estimate of drug-likeness (QED) is 0.754. The van der Waals surface area contributed by atoms with Gasteiger partial charge in [0.05, 0.1) is 11.6 Å².